The first kappa shape index (κ1) is 16.5. The summed E-state index contributed by atoms with van der Waals surface area (Å²) in [7, 11) is 1.57. The van der Waals surface area contributed by atoms with E-state index in [1.54, 1.807) is 13.1 Å². The molecule has 110 valence electrons. The fourth-order valence-corrected chi connectivity index (χ4v) is 4.27. The molecule has 0 bridgehead atoms. The fraction of sp³-hybridized carbons (Fsp3) is 0.0714. The molecule has 2 N–H and O–H groups in total. The first-order chi connectivity index (χ1) is 9.93. The van der Waals surface area contributed by atoms with Gasteiger partial charge < -0.3 is 10.6 Å². The van der Waals surface area contributed by atoms with Gasteiger partial charge >= 0.3 is 0 Å². The summed E-state index contributed by atoms with van der Waals surface area (Å²) in [5.74, 6) is -0.873. The Kier molecular flexibility index (Phi) is 5.40. The highest BCUT2D eigenvalue weighted by molar-refractivity contribution is 9.11. The van der Waals surface area contributed by atoms with Crippen LogP contribution in [-0.2, 0) is 0 Å². The monoisotopic (exact) mass is 478 g/mol. The molecule has 0 aromatic heterocycles. The number of hydrogen-bond donors (Lipinski definition) is 2. The topological polar surface area (TPSA) is 41.1 Å². The number of benzene rings is 2. The Bertz CT molecular complexity index is 684. The first-order valence-electron chi connectivity index (χ1n) is 5.86. The molecular formula is C14H10Br3FN2O. The lowest BCUT2D eigenvalue weighted by molar-refractivity contribution is 0.102. The van der Waals surface area contributed by atoms with Crippen LogP contribution in [0.5, 0.6) is 0 Å². The van der Waals surface area contributed by atoms with Gasteiger partial charge in [0, 0.05) is 20.5 Å². The summed E-state index contributed by atoms with van der Waals surface area (Å²) in [5.41, 5.74) is 0.980. The molecule has 3 nitrogen and oxygen atoms in total. The number of hydrogen-bond acceptors (Lipinski definition) is 2. The molecular weight excluding hydrogens is 471 g/mol. The van der Waals surface area contributed by atoms with E-state index >= 15 is 0 Å². The molecule has 21 heavy (non-hydrogen) atoms. The number of nitrogens with one attached hydrogen (secondary N) is 2. The molecule has 0 fully saturated rings. The maximum atomic E-state index is 13.7. The van der Waals surface area contributed by atoms with E-state index in [2.05, 4.69) is 58.4 Å². The molecule has 2 aromatic carbocycles. The van der Waals surface area contributed by atoms with Gasteiger partial charge in [-0.1, -0.05) is 22.0 Å². The van der Waals surface area contributed by atoms with E-state index in [-0.39, 0.29) is 11.3 Å². The Balaban J connectivity index is 2.38. The van der Waals surface area contributed by atoms with E-state index in [1.807, 2.05) is 12.1 Å². The lowest BCUT2D eigenvalue weighted by Crippen LogP contribution is -2.15. The third-order valence-electron chi connectivity index (χ3n) is 2.75. The van der Waals surface area contributed by atoms with Crippen molar-refractivity contribution < 1.29 is 9.18 Å². The number of amides is 1. The van der Waals surface area contributed by atoms with Gasteiger partial charge in [-0.25, -0.2) is 4.39 Å². The third kappa shape index (κ3) is 3.64. The molecule has 2 aromatic rings. The van der Waals surface area contributed by atoms with Crippen LogP contribution in [0.3, 0.4) is 0 Å². The molecule has 0 unspecified atom stereocenters. The van der Waals surface area contributed by atoms with E-state index in [1.165, 1.54) is 12.1 Å². The minimum Gasteiger partial charge on any atom is -0.385 e. The first-order valence-corrected chi connectivity index (χ1v) is 8.24. The average molecular weight is 481 g/mol. The van der Waals surface area contributed by atoms with Gasteiger partial charge in [-0.2, -0.15) is 0 Å². The van der Waals surface area contributed by atoms with Gasteiger partial charge in [-0.15, -0.1) is 0 Å². The molecule has 0 saturated heterocycles. The lowest BCUT2D eigenvalue weighted by Gasteiger charge is -2.13. The number of carbonyl (C=O) groups is 1. The molecule has 2 rings (SSSR count). The number of carbonyl (C=O) groups excluding carboxylic acids is 1. The molecule has 0 saturated carbocycles. The maximum absolute atomic E-state index is 13.7. The summed E-state index contributed by atoms with van der Waals surface area (Å²) in [6.45, 7) is 0. The van der Waals surface area contributed by atoms with E-state index in [4.69, 9.17) is 0 Å². The normalized spacial score (nSPS) is 10.3. The van der Waals surface area contributed by atoms with Gasteiger partial charge in [-0.05, 0) is 56.1 Å². The Morgan fingerprint density at radius 3 is 2.29 bits per heavy atom. The standard InChI is InChI=1S/C14H10Br3FN2O/c1-19-12-8(3-2-4-11(12)18)14(21)20-13-9(16)5-7(15)6-10(13)17/h2-6,19H,1H3,(H,20,21). The molecule has 7 heteroatoms. The summed E-state index contributed by atoms with van der Waals surface area (Å²) in [6.07, 6.45) is 0. The van der Waals surface area contributed by atoms with Gasteiger partial charge in [-0.3, -0.25) is 4.79 Å². The van der Waals surface area contributed by atoms with Gasteiger partial charge in [0.15, 0.2) is 0 Å². The summed E-state index contributed by atoms with van der Waals surface area (Å²) in [6, 6.07) is 7.98. The van der Waals surface area contributed by atoms with Gasteiger partial charge in [0.2, 0.25) is 0 Å². The van der Waals surface area contributed by atoms with Crippen molar-refractivity contribution in [2.24, 2.45) is 0 Å². The quantitative estimate of drug-likeness (QED) is 0.617. The smallest absolute Gasteiger partial charge is 0.257 e. The van der Waals surface area contributed by atoms with Gasteiger partial charge in [0.1, 0.15) is 5.82 Å². The average Bonchev–Trinajstić information content (AvgIpc) is 2.42. The zero-order valence-electron chi connectivity index (χ0n) is 10.8. The molecule has 0 atom stereocenters. The molecule has 0 radical (unpaired) electrons. The number of rotatable bonds is 3. The van der Waals surface area contributed by atoms with Crippen molar-refractivity contribution >= 4 is 65.1 Å². The molecule has 0 aliphatic carbocycles. The highest BCUT2D eigenvalue weighted by Gasteiger charge is 2.16. The van der Waals surface area contributed by atoms with Crippen molar-refractivity contribution in [2.75, 3.05) is 17.7 Å². The summed E-state index contributed by atoms with van der Waals surface area (Å²) >= 11 is 10.1. The zero-order valence-corrected chi connectivity index (χ0v) is 15.6. The Hall–Kier alpha value is -0.920. The molecule has 0 aliphatic heterocycles. The minimum absolute atomic E-state index is 0.166. The van der Waals surface area contributed by atoms with Crippen LogP contribution in [0.1, 0.15) is 10.4 Å². The van der Waals surface area contributed by atoms with Crippen LogP contribution in [0, 0.1) is 5.82 Å². The SMILES string of the molecule is CNc1c(F)cccc1C(=O)Nc1c(Br)cc(Br)cc1Br. The summed E-state index contributed by atoms with van der Waals surface area (Å²) < 4.78 is 16.0. The second kappa shape index (κ2) is 6.89. The second-order valence-electron chi connectivity index (χ2n) is 4.11. The highest BCUT2D eigenvalue weighted by Crippen LogP contribution is 2.35. The van der Waals surface area contributed by atoms with Crippen LogP contribution in [0.15, 0.2) is 43.7 Å². The van der Waals surface area contributed by atoms with Crippen molar-refractivity contribution in [2.45, 2.75) is 0 Å². The van der Waals surface area contributed by atoms with Crippen LogP contribution in [0.25, 0.3) is 0 Å². The van der Waals surface area contributed by atoms with Crippen molar-refractivity contribution in [3.05, 3.63) is 55.1 Å². The predicted octanol–water partition coefficient (Wildman–Crippen LogP) is 5.41. The Morgan fingerprint density at radius 1 is 1.10 bits per heavy atom. The minimum atomic E-state index is -0.473. The van der Waals surface area contributed by atoms with Gasteiger partial charge in [0.05, 0.1) is 16.9 Å². The molecule has 0 heterocycles. The molecule has 1 amide bonds. The summed E-state index contributed by atoms with van der Waals surface area (Å²) in [4.78, 5) is 12.4. The third-order valence-corrected chi connectivity index (χ3v) is 4.46. The Labute approximate surface area is 146 Å². The van der Waals surface area contributed by atoms with E-state index in [0.717, 1.165) is 4.47 Å². The van der Waals surface area contributed by atoms with Crippen LogP contribution in [-0.4, -0.2) is 13.0 Å². The fourth-order valence-electron chi connectivity index (χ4n) is 1.81. The van der Waals surface area contributed by atoms with Crippen molar-refractivity contribution in [3.8, 4) is 0 Å². The van der Waals surface area contributed by atoms with Crippen LogP contribution in [0.2, 0.25) is 0 Å². The van der Waals surface area contributed by atoms with E-state index in [9.17, 15) is 9.18 Å². The molecule has 0 aliphatic rings. The highest BCUT2D eigenvalue weighted by atomic mass is 79.9. The second-order valence-corrected chi connectivity index (χ2v) is 6.74. The zero-order chi connectivity index (χ0) is 15.6. The van der Waals surface area contributed by atoms with Crippen molar-refractivity contribution in [3.63, 3.8) is 0 Å². The predicted molar refractivity (Wildman–Crippen MR) is 93.4 cm³/mol. The number of para-hydroxylation sites is 1. The van der Waals surface area contributed by atoms with E-state index < -0.39 is 11.7 Å². The summed E-state index contributed by atoms with van der Waals surface area (Å²) in [5, 5.41) is 5.47. The number of halogens is 4. The van der Waals surface area contributed by atoms with Crippen LogP contribution >= 0.6 is 47.8 Å². The lowest BCUT2D eigenvalue weighted by atomic mass is 10.1. The van der Waals surface area contributed by atoms with Gasteiger partial charge in [0.25, 0.3) is 5.91 Å². The Morgan fingerprint density at radius 2 is 1.71 bits per heavy atom. The largest absolute Gasteiger partial charge is 0.385 e. The van der Waals surface area contributed by atoms with E-state index in [0.29, 0.717) is 14.6 Å². The molecule has 0 spiro atoms. The van der Waals surface area contributed by atoms with Crippen LogP contribution < -0.4 is 10.6 Å². The van der Waals surface area contributed by atoms with Crippen molar-refractivity contribution in [1.29, 1.82) is 0 Å². The van der Waals surface area contributed by atoms with Crippen LogP contribution in [0.4, 0.5) is 15.8 Å². The number of anilines is 2. The van der Waals surface area contributed by atoms with Crippen molar-refractivity contribution in [1.82, 2.24) is 0 Å². The maximum Gasteiger partial charge on any atom is 0.257 e.